The van der Waals surface area contributed by atoms with Gasteiger partial charge in [0, 0.05) is 18.5 Å². The van der Waals surface area contributed by atoms with E-state index in [1.165, 1.54) is 7.11 Å². The number of aldehydes is 1. The van der Waals surface area contributed by atoms with Crippen LogP contribution in [0.3, 0.4) is 0 Å². The Morgan fingerprint density at radius 2 is 1.79 bits per heavy atom. The van der Waals surface area contributed by atoms with E-state index in [1.807, 2.05) is 30.3 Å². The number of carbonyl (C=O) groups is 2. The summed E-state index contributed by atoms with van der Waals surface area (Å²) >= 11 is 0. The lowest BCUT2D eigenvalue weighted by atomic mass is 9.99. The molecule has 0 radical (unpaired) electrons. The van der Waals surface area contributed by atoms with Crippen molar-refractivity contribution < 1.29 is 31.9 Å². The SMILES string of the molecule is COc1ccc(-c2cccc(CCC=O)c2)cc1CNC(=O)c1ccc(C(F)(F)F)cc1F. The Morgan fingerprint density at radius 1 is 1.03 bits per heavy atom. The Hall–Kier alpha value is -3.68. The molecule has 0 aromatic heterocycles. The highest BCUT2D eigenvalue weighted by molar-refractivity contribution is 5.94. The minimum absolute atomic E-state index is 0.0266. The predicted octanol–water partition coefficient (Wildman–Crippen LogP) is 5.58. The monoisotopic (exact) mass is 459 g/mol. The molecule has 1 N–H and O–H groups in total. The van der Waals surface area contributed by atoms with Crippen LogP contribution in [-0.2, 0) is 23.9 Å². The fraction of sp³-hybridized carbons (Fsp3) is 0.200. The molecule has 0 aliphatic heterocycles. The fourth-order valence-corrected chi connectivity index (χ4v) is 3.37. The first-order valence-corrected chi connectivity index (χ1v) is 10.1. The van der Waals surface area contributed by atoms with Gasteiger partial charge in [-0.05, 0) is 53.4 Å². The second kappa shape index (κ2) is 10.3. The summed E-state index contributed by atoms with van der Waals surface area (Å²) in [6.07, 6.45) is -2.80. The molecule has 172 valence electrons. The third-order valence-corrected chi connectivity index (χ3v) is 5.07. The van der Waals surface area contributed by atoms with Gasteiger partial charge in [0.2, 0.25) is 0 Å². The van der Waals surface area contributed by atoms with Crippen molar-refractivity contribution in [1.29, 1.82) is 0 Å². The molecule has 8 heteroatoms. The van der Waals surface area contributed by atoms with Crippen molar-refractivity contribution in [3.05, 3.63) is 88.7 Å². The lowest BCUT2D eigenvalue weighted by Crippen LogP contribution is -2.24. The zero-order valence-electron chi connectivity index (χ0n) is 17.7. The van der Waals surface area contributed by atoms with Crippen LogP contribution in [0.2, 0.25) is 0 Å². The first-order valence-electron chi connectivity index (χ1n) is 10.1. The van der Waals surface area contributed by atoms with E-state index >= 15 is 0 Å². The minimum Gasteiger partial charge on any atom is -0.496 e. The van der Waals surface area contributed by atoms with Crippen molar-refractivity contribution in [3.63, 3.8) is 0 Å². The van der Waals surface area contributed by atoms with Crippen molar-refractivity contribution in [3.8, 4) is 16.9 Å². The summed E-state index contributed by atoms with van der Waals surface area (Å²) in [5, 5.41) is 2.53. The van der Waals surface area contributed by atoms with Gasteiger partial charge in [-0.25, -0.2) is 4.39 Å². The zero-order valence-corrected chi connectivity index (χ0v) is 17.7. The largest absolute Gasteiger partial charge is 0.496 e. The summed E-state index contributed by atoms with van der Waals surface area (Å²) < 4.78 is 57.6. The number of carbonyl (C=O) groups excluding carboxylic acids is 2. The highest BCUT2D eigenvalue weighted by Gasteiger charge is 2.31. The number of methoxy groups -OCH3 is 1. The van der Waals surface area contributed by atoms with E-state index < -0.39 is 29.0 Å². The minimum atomic E-state index is -4.70. The van der Waals surface area contributed by atoms with E-state index in [0.717, 1.165) is 29.0 Å². The molecule has 0 aliphatic rings. The number of amides is 1. The highest BCUT2D eigenvalue weighted by atomic mass is 19.4. The summed E-state index contributed by atoms with van der Waals surface area (Å²) in [6, 6.07) is 14.8. The van der Waals surface area contributed by atoms with Crippen LogP contribution in [0.15, 0.2) is 60.7 Å². The van der Waals surface area contributed by atoms with Gasteiger partial charge in [0.05, 0.1) is 18.2 Å². The molecule has 0 fully saturated rings. The number of aryl methyl sites for hydroxylation is 1. The van der Waals surface area contributed by atoms with Crippen molar-refractivity contribution in [2.75, 3.05) is 7.11 Å². The van der Waals surface area contributed by atoms with Crippen LogP contribution in [0, 0.1) is 5.82 Å². The maximum Gasteiger partial charge on any atom is 0.416 e. The Kier molecular flexibility index (Phi) is 7.48. The van der Waals surface area contributed by atoms with Crippen molar-refractivity contribution >= 4 is 12.2 Å². The lowest BCUT2D eigenvalue weighted by molar-refractivity contribution is -0.137. The molecule has 1 amide bonds. The second-order valence-corrected chi connectivity index (χ2v) is 7.31. The summed E-state index contributed by atoms with van der Waals surface area (Å²) in [4.78, 5) is 23.0. The number of hydrogen-bond donors (Lipinski definition) is 1. The molecule has 4 nitrogen and oxygen atoms in total. The van der Waals surface area contributed by atoms with Crippen LogP contribution in [-0.4, -0.2) is 19.3 Å². The molecule has 3 aromatic rings. The van der Waals surface area contributed by atoms with Crippen molar-refractivity contribution in [2.24, 2.45) is 0 Å². The molecule has 0 saturated heterocycles. The average Bonchev–Trinajstić information content (AvgIpc) is 2.80. The molecule has 0 atom stereocenters. The van der Waals surface area contributed by atoms with E-state index in [2.05, 4.69) is 5.32 Å². The number of halogens is 4. The summed E-state index contributed by atoms with van der Waals surface area (Å²) in [6.45, 7) is -0.0266. The smallest absolute Gasteiger partial charge is 0.416 e. The number of rotatable bonds is 8. The van der Waals surface area contributed by atoms with Crippen LogP contribution in [0.1, 0.15) is 33.5 Å². The van der Waals surface area contributed by atoms with E-state index in [1.54, 1.807) is 12.1 Å². The third-order valence-electron chi connectivity index (χ3n) is 5.07. The van der Waals surface area contributed by atoms with Gasteiger partial charge >= 0.3 is 6.18 Å². The summed E-state index contributed by atoms with van der Waals surface area (Å²) in [5.41, 5.74) is 1.70. The lowest BCUT2D eigenvalue weighted by Gasteiger charge is -2.13. The molecule has 0 unspecified atom stereocenters. The Labute approximate surface area is 188 Å². The maximum absolute atomic E-state index is 14.1. The quantitative estimate of drug-likeness (QED) is 0.353. The van der Waals surface area contributed by atoms with Gasteiger partial charge in [0.25, 0.3) is 5.91 Å². The molecular weight excluding hydrogens is 438 g/mol. The van der Waals surface area contributed by atoms with Crippen LogP contribution >= 0.6 is 0 Å². The molecule has 33 heavy (non-hydrogen) atoms. The molecule has 0 heterocycles. The van der Waals surface area contributed by atoms with Crippen molar-refractivity contribution in [1.82, 2.24) is 5.32 Å². The van der Waals surface area contributed by atoms with E-state index in [9.17, 15) is 27.2 Å². The van der Waals surface area contributed by atoms with Crippen molar-refractivity contribution in [2.45, 2.75) is 25.6 Å². The van der Waals surface area contributed by atoms with Gasteiger partial charge < -0.3 is 14.8 Å². The number of nitrogens with one attached hydrogen (secondary N) is 1. The molecule has 0 saturated carbocycles. The normalized spacial score (nSPS) is 11.2. The van der Waals surface area contributed by atoms with Gasteiger partial charge in [-0.1, -0.05) is 30.3 Å². The Balaban J connectivity index is 1.80. The first kappa shape index (κ1) is 24.0. The van der Waals surface area contributed by atoms with Gasteiger partial charge in [-0.2, -0.15) is 13.2 Å². The topological polar surface area (TPSA) is 55.4 Å². The molecule has 0 bridgehead atoms. The fourth-order valence-electron chi connectivity index (χ4n) is 3.37. The van der Waals surface area contributed by atoms with Crippen LogP contribution in [0.25, 0.3) is 11.1 Å². The number of alkyl halides is 3. The van der Waals surface area contributed by atoms with E-state index in [-0.39, 0.29) is 6.54 Å². The second-order valence-electron chi connectivity index (χ2n) is 7.31. The van der Waals surface area contributed by atoms with Gasteiger partial charge in [-0.15, -0.1) is 0 Å². The highest BCUT2D eigenvalue weighted by Crippen LogP contribution is 2.31. The third kappa shape index (κ3) is 5.97. The van der Waals surface area contributed by atoms with E-state index in [0.29, 0.717) is 36.3 Å². The number of hydrogen-bond acceptors (Lipinski definition) is 3. The van der Waals surface area contributed by atoms with Crippen LogP contribution < -0.4 is 10.1 Å². The Bertz CT molecular complexity index is 1160. The number of ether oxygens (including phenoxy) is 1. The number of benzene rings is 3. The molecule has 3 rings (SSSR count). The zero-order chi connectivity index (χ0) is 24.0. The maximum atomic E-state index is 14.1. The summed E-state index contributed by atoms with van der Waals surface area (Å²) in [7, 11) is 1.47. The average molecular weight is 459 g/mol. The van der Waals surface area contributed by atoms with Crippen LogP contribution in [0.4, 0.5) is 17.6 Å². The van der Waals surface area contributed by atoms with Gasteiger partial charge in [0.15, 0.2) is 0 Å². The molecular formula is C25H21F4NO3. The Morgan fingerprint density at radius 3 is 2.45 bits per heavy atom. The predicted molar refractivity (Wildman–Crippen MR) is 115 cm³/mol. The van der Waals surface area contributed by atoms with Crippen LogP contribution in [0.5, 0.6) is 5.75 Å². The summed E-state index contributed by atoms with van der Waals surface area (Å²) in [5.74, 6) is -1.61. The van der Waals surface area contributed by atoms with E-state index in [4.69, 9.17) is 4.74 Å². The standard InChI is InChI=1S/C25H21F4NO3/c1-33-23-10-7-18(17-6-2-4-16(12-17)5-3-11-31)13-19(23)15-30-24(32)21-9-8-20(14-22(21)26)25(27,28)29/h2,4,6-14H,3,5,15H2,1H3,(H,30,32). The molecule has 0 aliphatic carbocycles. The first-order chi connectivity index (χ1) is 15.7. The van der Waals surface area contributed by atoms with Gasteiger partial charge in [0.1, 0.15) is 17.9 Å². The molecule has 3 aromatic carbocycles. The van der Waals surface area contributed by atoms with Gasteiger partial charge in [-0.3, -0.25) is 4.79 Å². The molecule has 0 spiro atoms.